The molecule has 3 N–H and O–H groups in total. The molecule has 96 valence electrons. The third-order valence-corrected chi connectivity index (χ3v) is 3.28. The van der Waals surface area contributed by atoms with Crippen molar-refractivity contribution < 1.29 is 4.39 Å². The van der Waals surface area contributed by atoms with Gasteiger partial charge in [-0.2, -0.15) is 0 Å². The van der Waals surface area contributed by atoms with Crippen LogP contribution in [0.4, 0.5) is 10.1 Å². The van der Waals surface area contributed by atoms with Crippen LogP contribution >= 0.6 is 11.6 Å². The van der Waals surface area contributed by atoms with Crippen molar-refractivity contribution in [3.8, 4) is 0 Å². The van der Waals surface area contributed by atoms with Crippen LogP contribution in [0.5, 0.6) is 0 Å². The summed E-state index contributed by atoms with van der Waals surface area (Å²) in [4.78, 5) is 0. The number of halogens is 2. The summed E-state index contributed by atoms with van der Waals surface area (Å²) in [5.74, 6) is 0.139. The zero-order chi connectivity index (χ0) is 12.8. The van der Waals surface area contributed by atoms with E-state index >= 15 is 0 Å². The summed E-state index contributed by atoms with van der Waals surface area (Å²) in [7, 11) is 0. The highest BCUT2D eigenvalue weighted by molar-refractivity contribution is 6.33. The quantitative estimate of drug-likeness (QED) is 0.817. The van der Waals surface area contributed by atoms with Crippen molar-refractivity contribution in [1.29, 1.82) is 0 Å². The van der Waals surface area contributed by atoms with Gasteiger partial charge in [0.2, 0.25) is 0 Å². The fourth-order valence-electron chi connectivity index (χ4n) is 1.90. The van der Waals surface area contributed by atoms with Crippen LogP contribution in [0.15, 0.2) is 18.2 Å². The topological polar surface area (TPSA) is 38.0 Å². The molecular formula is C13H20ClFN2. The lowest BCUT2D eigenvalue weighted by Crippen LogP contribution is -2.35. The Labute approximate surface area is 107 Å². The van der Waals surface area contributed by atoms with Crippen molar-refractivity contribution in [3.63, 3.8) is 0 Å². The normalized spacial score (nSPS) is 14.4. The number of rotatable bonds is 6. The first kappa shape index (κ1) is 14.3. The minimum Gasteiger partial charge on any atom is -0.379 e. The van der Waals surface area contributed by atoms with Gasteiger partial charge in [0, 0.05) is 12.6 Å². The molecule has 0 aliphatic carbocycles. The van der Waals surface area contributed by atoms with Crippen molar-refractivity contribution in [3.05, 3.63) is 29.0 Å². The maximum atomic E-state index is 13.1. The molecule has 1 aromatic rings. The molecule has 0 aromatic heterocycles. The van der Waals surface area contributed by atoms with E-state index in [-0.39, 0.29) is 11.9 Å². The molecule has 0 bridgehead atoms. The van der Waals surface area contributed by atoms with Crippen LogP contribution in [-0.4, -0.2) is 12.6 Å². The van der Waals surface area contributed by atoms with E-state index < -0.39 is 0 Å². The molecule has 0 radical (unpaired) electrons. The van der Waals surface area contributed by atoms with E-state index in [2.05, 4.69) is 19.2 Å². The predicted octanol–water partition coefficient (Wildman–Crippen LogP) is 3.65. The minimum absolute atomic E-state index is 0.120. The van der Waals surface area contributed by atoms with Gasteiger partial charge in [-0.1, -0.05) is 31.9 Å². The first-order valence-electron chi connectivity index (χ1n) is 6.00. The number of hydrogen-bond donors (Lipinski definition) is 2. The van der Waals surface area contributed by atoms with E-state index in [1.165, 1.54) is 12.1 Å². The van der Waals surface area contributed by atoms with Crippen molar-refractivity contribution >= 4 is 17.3 Å². The number of anilines is 1. The van der Waals surface area contributed by atoms with Crippen LogP contribution < -0.4 is 11.1 Å². The monoisotopic (exact) mass is 258 g/mol. The molecule has 0 amide bonds. The molecule has 0 fully saturated rings. The summed E-state index contributed by atoms with van der Waals surface area (Å²) < 4.78 is 13.1. The van der Waals surface area contributed by atoms with Gasteiger partial charge in [-0.3, -0.25) is 0 Å². The molecule has 0 saturated carbocycles. The maximum absolute atomic E-state index is 13.1. The molecule has 0 spiro atoms. The van der Waals surface area contributed by atoms with Crippen LogP contribution in [-0.2, 0) is 0 Å². The van der Waals surface area contributed by atoms with Crippen LogP contribution in [0.3, 0.4) is 0 Å². The van der Waals surface area contributed by atoms with Crippen molar-refractivity contribution in [2.75, 3.05) is 11.9 Å². The second kappa shape index (κ2) is 6.82. The smallest absolute Gasteiger partial charge is 0.125 e. The lowest BCUT2D eigenvalue weighted by atomic mass is 9.96. The molecule has 2 nitrogen and oxygen atoms in total. The molecule has 0 heterocycles. The van der Waals surface area contributed by atoms with E-state index in [0.717, 1.165) is 12.8 Å². The third kappa shape index (κ3) is 4.17. The van der Waals surface area contributed by atoms with E-state index in [1.807, 2.05) is 0 Å². The summed E-state index contributed by atoms with van der Waals surface area (Å²) in [5, 5.41) is 3.75. The zero-order valence-electron chi connectivity index (χ0n) is 10.3. The zero-order valence-corrected chi connectivity index (χ0v) is 11.1. The molecule has 0 aliphatic heterocycles. The van der Waals surface area contributed by atoms with Gasteiger partial charge < -0.3 is 11.1 Å². The Morgan fingerprint density at radius 3 is 2.76 bits per heavy atom. The molecule has 0 aliphatic rings. The fraction of sp³-hybridized carbons (Fsp3) is 0.538. The Morgan fingerprint density at radius 2 is 2.18 bits per heavy atom. The van der Waals surface area contributed by atoms with E-state index in [4.69, 9.17) is 17.3 Å². The first-order valence-corrected chi connectivity index (χ1v) is 6.38. The SMILES string of the molecule is CCCC(C)C(CN)Nc1cc(F)ccc1Cl. The van der Waals surface area contributed by atoms with Gasteiger partial charge in [0.05, 0.1) is 10.7 Å². The fourth-order valence-corrected chi connectivity index (χ4v) is 2.07. The van der Waals surface area contributed by atoms with Gasteiger partial charge in [0.15, 0.2) is 0 Å². The second-order valence-electron chi connectivity index (χ2n) is 4.38. The lowest BCUT2D eigenvalue weighted by molar-refractivity contribution is 0.450. The van der Waals surface area contributed by atoms with Crippen molar-refractivity contribution in [2.45, 2.75) is 32.7 Å². The summed E-state index contributed by atoms with van der Waals surface area (Å²) in [5.41, 5.74) is 6.36. The highest BCUT2D eigenvalue weighted by Crippen LogP contribution is 2.25. The van der Waals surface area contributed by atoms with Gasteiger partial charge in [-0.25, -0.2) is 4.39 Å². The largest absolute Gasteiger partial charge is 0.379 e. The Bertz CT molecular complexity index is 357. The van der Waals surface area contributed by atoms with Crippen molar-refractivity contribution in [2.24, 2.45) is 11.7 Å². The van der Waals surface area contributed by atoms with E-state index in [1.54, 1.807) is 6.07 Å². The number of nitrogens with two attached hydrogens (primary N) is 1. The van der Waals surface area contributed by atoms with Crippen LogP contribution in [0.2, 0.25) is 5.02 Å². The molecule has 1 rings (SSSR count). The summed E-state index contributed by atoms with van der Waals surface area (Å²) >= 11 is 6.01. The molecule has 2 unspecified atom stereocenters. The second-order valence-corrected chi connectivity index (χ2v) is 4.78. The molecule has 2 atom stereocenters. The molecule has 17 heavy (non-hydrogen) atoms. The highest BCUT2D eigenvalue weighted by atomic mass is 35.5. The number of hydrogen-bond acceptors (Lipinski definition) is 2. The summed E-state index contributed by atoms with van der Waals surface area (Å²) in [6.45, 7) is 4.79. The average molecular weight is 259 g/mol. The maximum Gasteiger partial charge on any atom is 0.125 e. The van der Waals surface area contributed by atoms with Crippen molar-refractivity contribution in [1.82, 2.24) is 0 Å². The highest BCUT2D eigenvalue weighted by Gasteiger charge is 2.16. The number of nitrogens with one attached hydrogen (secondary N) is 1. The Balaban J connectivity index is 2.76. The Kier molecular flexibility index (Phi) is 5.72. The summed E-state index contributed by atoms with van der Waals surface area (Å²) in [6, 6.07) is 4.43. The average Bonchev–Trinajstić information content (AvgIpc) is 2.30. The third-order valence-electron chi connectivity index (χ3n) is 2.95. The van der Waals surface area contributed by atoms with E-state index in [9.17, 15) is 4.39 Å². The Morgan fingerprint density at radius 1 is 1.47 bits per heavy atom. The molecule has 0 saturated heterocycles. The van der Waals surface area contributed by atoms with Gasteiger partial charge >= 0.3 is 0 Å². The molecule has 1 aromatic carbocycles. The Hall–Kier alpha value is -0.800. The molecule has 4 heteroatoms. The lowest BCUT2D eigenvalue weighted by Gasteiger charge is -2.25. The van der Waals surface area contributed by atoms with Crippen LogP contribution in [0, 0.1) is 11.7 Å². The van der Waals surface area contributed by atoms with Gasteiger partial charge in [-0.05, 0) is 30.5 Å². The standard InChI is InChI=1S/C13H20ClFN2/c1-3-4-9(2)13(8-16)17-12-7-10(15)5-6-11(12)14/h5-7,9,13,17H,3-4,8,16H2,1-2H3. The van der Waals surface area contributed by atoms with Gasteiger partial charge in [0.25, 0.3) is 0 Å². The van der Waals surface area contributed by atoms with Crippen LogP contribution in [0.1, 0.15) is 26.7 Å². The van der Waals surface area contributed by atoms with Gasteiger partial charge in [-0.15, -0.1) is 0 Å². The minimum atomic E-state index is -0.296. The summed E-state index contributed by atoms with van der Waals surface area (Å²) in [6.07, 6.45) is 2.19. The van der Waals surface area contributed by atoms with E-state index in [0.29, 0.717) is 23.2 Å². The van der Waals surface area contributed by atoms with Crippen LogP contribution in [0.25, 0.3) is 0 Å². The predicted molar refractivity (Wildman–Crippen MR) is 71.9 cm³/mol. The molecular weight excluding hydrogens is 239 g/mol. The number of benzene rings is 1. The van der Waals surface area contributed by atoms with Gasteiger partial charge in [0.1, 0.15) is 5.82 Å². The first-order chi connectivity index (χ1) is 8.08.